The molecule has 11 atom stereocenters. The Morgan fingerprint density at radius 2 is 1.86 bits per heavy atom. The van der Waals surface area contributed by atoms with Crippen LogP contribution < -0.4 is 20.5 Å². The summed E-state index contributed by atoms with van der Waals surface area (Å²) in [6, 6.07) is 7.35. The van der Waals surface area contributed by atoms with Crippen molar-refractivity contribution in [2.45, 2.75) is 140 Å². The number of carbonyl (C=O) groups excluding carboxylic acids is 1. The van der Waals surface area contributed by atoms with E-state index >= 15 is 0 Å². The number of ketones is 1. The number of aromatic amines is 1. The van der Waals surface area contributed by atoms with E-state index in [2.05, 4.69) is 70.3 Å². The van der Waals surface area contributed by atoms with Crippen molar-refractivity contribution in [2.75, 3.05) is 6.54 Å². The Hall–Kier alpha value is -5.01. The van der Waals surface area contributed by atoms with Gasteiger partial charge in [-0.3, -0.25) is 10.1 Å². The van der Waals surface area contributed by atoms with E-state index < -0.39 is 47.7 Å². The highest BCUT2D eigenvalue weighted by Crippen LogP contribution is 2.53. The molecule has 1 spiro atoms. The molecule has 2 aromatic carbocycles. The number of benzene rings is 2. The predicted octanol–water partition coefficient (Wildman–Crippen LogP) is 8.03. The maximum atomic E-state index is 14.1. The van der Waals surface area contributed by atoms with Crippen molar-refractivity contribution in [1.29, 1.82) is 0 Å². The normalized spacial score (nSPS) is 29.4. The number of unbranched alkanes of at least 4 members (excludes halogenated alkanes) is 2. The maximum absolute atomic E-state index is 14.1. The fourth-order valence-electron chi connectivity index (χ4n) is 12.1. The molecule has 10 rings (SSSR count). The fourth-order valence-corrected chi connectivity index (χ4v) is 12.1. The summed E-state index contributed by atoms with van der Waals surface area (Å²) in [5, 5.41) is 50.8. The fraction of sp³-hybridized carbons (Fsp3) is 0.528. The van der Waals surface area contributed by atoms with Crippen molar-refractivity contribution >= 4 is 16.7 Å². The number of nitrogens with two attached hydrogens (primary N) is 1. The third-order valence-electron chi connectivity index (χ3n) is 15.6. The molecular formula is C53H62N4O7. The van der Waals surface area contributed by atoms with Crippen molar-refractivity contribution in [2.24, 2.45) is 34.8 Å². The lowest BCUT2D eigenvalue weighted by Crippen LogP contribution is -2.41. The number of aliphatic hydroxyl groups excluding tert-OH is 3. The van der Waals surface area contributed by atoms with E-state index in [1.165, 1.54) is 11.6 Å². The molecule has 336 valence electrons. The lowest BCUT2D eigenvalue weighted by atomic mass is 9.68. The molecule has 4 aromatic rings. The maximum Gasteiger partial charge on any atom is 0.191 e. The highest BCUT2D eigenvalue weighted by atomic mass is 16.5. The summed E-state index contributed by atoms with van der Waals surface area (Å²) >= 11 is 0. The number of rotatable bonds is 10. The first-order valence-electron chi connectivity index (χ1n) is 23.9. The number of nitrogens with one attached hydrogen (secondary N) is 2. The SMILES string of the molecule is CCCCCC(C(=O)CCc1cc2c(cc1O)OC#CC1(CCCC1)C1C#CC(O)c3ccc4c5c3C(CCC5CNC4N)c3c[nH]c4cn(cc34)C1O2)C(O)C1C=CC(C)CC1O. The van der Waals surface area contributed by atoms with Crippen molar-refractivity contribution in [3.8, 4) is 41.1 Å². The Labute approximate surface area is 375 Å². The number of H-pyrrole nitrogens is 1. The number of allylic oxidation sites excluding steroid dienone is 1. The molecule has 0 amide bonds. The molecule has 8 N–H and O–H groups in total. The average molecular weight is 867 g/mol. The summed E-state index contributed by atoms with van der Waals surface area (Å²) in [6.07, 6.45) is 18.9. The van der Waals surface area contributed by atoms with Crippen molar-refractivity contribution < 1.29 is 34.7 Å². The first-order valence-corrected chi connectivity index (χ1v) is 23.9. The summed E-state index contributed by atoms with van der Waals surface area (Å²) in [6.45, 7) is 4.94. The third-order valence-corrected chi connectivity index (χ3v) is 15.6. The second kappa shape index (κ2) is 17.4. The molecule has 2 aromatic heterocycles. The van der Waals surface area contributed by atoms with E-state index in [0.717, 1.165) is 97.5 Å². The number of aromatic nitrogens is 2. The van der Waals surface area contributed by atoms with E-state index in [0.29, 0.717) is 30.1 Å². The Balaban J connectivity index is 1.02. The smallest absolute Gasteiger partial charge is 0.191 e. The van der Waals surface area contributed by atoms with Crippen LogP contribution in [0.3, 0.4) is 0 Å². The zero-order valence-electron chi connectivity index (χ0n) is 37.0. The Morgan fingerprint density at radius 3 is 2.67 bits per heavy atom. The minimum absolute atomic E-state index is 0.0267. The van der Waals surface area contributed by atoms with Crippen LogP contribution in [0.4, 0.5) is 0 Å². The van der Waals surface area contributed by atoms with Gasteiger partial charge in [0.2, 0.25) is 0 Å². The zero-order valence-corrected chi connectivity index (χ0v) is 37.0. The molecule has 3 aliphatic carbocycles. The van der Waals surface area contributed by atoms with Crippen LogP contribution in [0.2, 0.25) is 0 Å². The van der Waals surface area contributed by atoms with Crippen molar-refractivity contribution in [1.82, 2.24) is 14.9 Å². The second-order valence-electron chi connectivity index (χ2n) is 19.7. The number of nitrogens with zero attached hydrogens (tertiary/aromatic N) is 1. The minimum Gasteiger partial charge on any atom is -0.508 e. The van der Waals surface area contributed by atoms with E-state index in [1.54, 1.807) is 6.07 Å². The number of fused-ring (bicyclic) bond motifs is 6. The third kappa shape index (κ3) is 7.63. The number of ether oxygens (including phenoxy) is 2. The summed E-state index contributed by atoms with van der Waals surface area (Å²) in [7, 11) is 0. The van der Waals surface area contributed by atoms with Gasteiger partial charge in [0.1, 0.15) is 23.7 Å². The van der Waals surface area contributed by atoms with E-state index in [-0.39, 0.29) is 48.1 Å². The molecule has 6 aliphatic rings. The topological polar surface area (TPSA) is 175 Å². The molecule has 0 saturated heterocycles. The standard InChI is InChI=1S/C53H62N4O7/c1-3-4-5-8-35(50(62)36-12-9-30(2)23-45(36)61)43(59)17-11-31-24-47-46(25-44(31)60)63-22-21-53(19-6-7-20-53)40-16-18-42(58)34-14-15-37-48-32(26-56-51(37)54)10-13-33(49(34)48)38-27-55-41-29-57(28-39(38)41)52(40)64-47/h9,12,14-15,24-25,27-30,32-33,35-36,40,42,45,50-52,55-56,58,60-62H,3-8,10-11,13,17,19-20,23,26,54H2,1-2H3. The van der Waals surface area contributed by atoms with Crippen molar-refractivity contribution in [3.63, 3.8) is 0 Å². The minimum atomic E-state index is -1.06. The number of aromatic hydroxyl groups is 1. The molecule has 11 nitrogen and oxygen atoms in total. The number of Topliss-reactive ketones (excluding diaryl/α,β-unsaturated/α-hetero) is 1. The van der Waals surface area contributed by atoms with Crippen LogP contribution in [-0.4, -0.2) is 54.5 Å². The summed E-state index contributed by atoms with van der Waals surface area (Å²) in [5.41, 5.74) is 13.0. The van der Waals surface area contributed by atoms with E-state index in [9.17, 15) is 25.2 Å². The monoisotopic (exact) mass is 866 g/mol. The van der Waals surface area contributed by atoms with Crippen LogP contribution in [0, 0.1) is 53.0 Å². The number of phenolic OH excluding ortho intramolecular Hbond substituents is 1. The van der Waals surface area contributed by atoms with Gasteiger partial charge in [-0.2, -0.15) is 0 Å². The van der Waals surface area contributed by atoms with Crippen LogP contribution in [0.15, 0.2) is 55.0 Å². The molecule has 11 heteroatoms. The van der Waals surface area contributed by atoms with Gasteiger partial charge in [-0.15, -0.1) is 0 Å². The van der Waals surface area contributed by atoms with Gasteiger partial charge in [0.05, 0.1) is 35.2 Å². The number of aryl methyl sites for hydroxylation is 1. The van der Waals surface area contributed by atoms with Gasteiger partial charge < -0.3 is 45.2 Å². The molecular weight excluding hydrogens is 805 g/mol. The molecule has 64 heavy (non-hydrogen) atoms. The molecule has 5 heterocycles. The first-order chi connectivity index (χ1) is 31.0. The lowest BCUT2D eigenvalue weighted by molar-refractivity contribution is -0.129. The van der Waals surface area contributed by atoms with Crippen molar-refractivity contribution in [3.05, 3.63) is 88.4 Å². The van der Waals surface area contributed by atoms with E-state index in [1.807, 2.05) is 25.1 Å². The lowest BCUT2D eigenvalue weighted by Gasteiger charge is -2.40. The van der Waals surface area contributed by atoms with Gasteiger partial charge in [0, 0.05) is 60.8 Å². The van der Waals surface area contributed by atoms with Gasteiger partial charge in [-0.1, -0.05) is 88.0 Å². The Bertz CT molecular complexity index is 2580. The van der Waals surface area contributed by atoms with Gasteiger partial charge in [0.15, 0.2) is 17.7 Å². The molecule has 2 bridgehead atoms. The number of aliphatic hydroxyl groups is 3. The highest BCUT2D eigenvalue weighted by molar-refractivity contribution is 5.85. The number of hydrogen-bond donors (Lipinski definition) is 7. The second-order valence-corrected chi connectivity index (χ2v) is 19.7. The summed E-state index contributed by atoms with van der Waals surface area (Å²) in [5.74, 6) is 9.80. The molecule has 3 aliphatic heterocycles. The van der Waals surface area contributed by atoms with Crippen LogP contribution in [0.1, 0.15) is 155 Å². The van der Waals surface area contributed by atoms with Gasteiger partial charge in [-0.05, 0) is 96.2 Å². The summed E-state index contributed by atoms with van der Waals surface area (Å²) < 4.78 is 15.4. The van der Waals surface area contributed by atoms with Crippen LogP contribution in [-0.2, 0) is 11.2 Å². The quantitative estimate of drug-likeness (QED) is 0.0473. The average Bonchev–Trinajstić information content (AvgIpc) is 4.04. The van der Waals surface area contributed by atoms with Crippen LogP contribution in [0.5, 0.6) is 17.2 Å². The Kier molecular flexibility index (Phi) is 11.7. The number of carbonyl (C=O) groups is 1. The van der Waals surface area contributed by atoms with E-state index in [4.69, 9.17) is 15.2 Å². The van der Waals surface area contributed by atoms with Crippen LogP contribution in [0.25, 0.3) is 10.9 Å². The number of hydrogen-bond acceptors (Lipinski definition) is 9. The molecule has 0 radical (unpaired) electrons. The largest absolute Gasteiger partial charge is 0.508 e. The highest BCUT2D eigenvalue weighted by Gasteiger charge is 2.47. The molecule has 1 saturated carbocycles. The van der Waals surface area contributed by atoms with Crippen LogP contribution >= 0.6 is 0 Å². The first kappa shape index (κ1) is 42.9. The predicted molar refractivity (Wildman–Crippen MR) is 244 cm³/mol. The summed E-state index contributed by atoms with van der Waals surface area (Å²) in [4.78, 5) is 17.7. The number of phenols is 1. The van der Waals surface area contributed by atoms with Gasteiger partial charge in [-0.25, -0.2) is 0 Å². The molecule has 1 fully saturated rings. The van der Waals surface area contributed by atoms with Gasteiger partial charge >= 0.3 is 0 Å². The Morgan fingerprint density at radius 1 is 1.03 bits per heavy atom. The van der Waals surface area contributed by atoms with Gasteiger partial charge in [0.25, 0.3) is 0 Å². The molecule has 11 unspecified atom stereocenters. The zero-order chi connectivity index (χ0) is 44.3.